The average Bonchev–Trinajstić information content (AvgIpc) is 2.80. The summed E-state index contributed by atoms with van der Waals surface area (Å²) in [5, 5.41) is 0. The zero-order valence-electron chi connectivity index (χ0n) is 17.2. The summed E-state index contributed by atoms with van der Waals surface area (Å²) in [5.41, 5.74) is 7.68. The number of allylic oxidation sites excluding steroid dienone is 4. The van der Waals surface area contributed by atoms with E-state index >= 15 is 0 Å². The van der Waals surface area contributed by atoms with Crippen LogP contribution in [0.25, 0.3) is 0 Å². The minimum Gasteiger partial charge on any atom is -1.00 e. The van der Waals surface area contributed by atoms with Crippen molar-refractivity contribution in [1.82, 2.24) is 0 Å². The van der Waals surface area contributed by atoms with Crippen LogP contribution in [-0.4, -0.2) is 11.0 Å². The van der Waals surface area contributed by atoms with E-state index in [1.54, 1.807) is 11.1 Å². The molecule has 152 valence electrons. The zero-order valence-corrected chi connectivity index (χ0v) is 21.2. The molecule has 0 radical (unpaired) electrons. The van der Waals surface area contributed by atoms with Crippen LogP contribution >= 0.6 is 0 Å². The van der Waals surface area contributed by atoms with E-state index in [4.69, 9.17) is 0 Å². The molecule has 0 heterocycles. The quantitative estimate of drug-likeness (QED) is 0.500. The fourth-order valence-electron chi connectivity index (χ4n) is 4.88. The Kier molecular flexibility index (Phi) is 11.0. The average molecular weight is 513 g/mol. The normalized spacial score (nSPS) is 15.9. The van der Waals surface area contributed by atoms with Gasteiger partial charge in [0.15, 0.2) is 0 Å². The van der Waals surface area contributed by atoms with Crippen LogP contribution in [0.15, 0.2) is 80.7 Å². The maximum Gasteiger partial charge on any atom is -0.0149 e. The number of rotatable bonds is 4. The smallest absolute Gasteiger partial charge is 0.0149 e. The van der Waals surface area contributed by atoms with Crippen molar-refractivity contribution in [2.75, 3.05) is 0 Å². The van der Waals surface area contributed by atoms with Gasteiger partial charge < -0.3 is 24.8 Å². The first-order valence-corrected chi connectivity index (χ1v) is 16.9. The van der Waals surface area contributed by atoms with Gasteiger partial charge in [0.25, 0.3) is 0 Å². The first-order valence-electron chi connectivity index (χ1n) is 9.34. The molecule has 1 aliphatic carbocycles. The van der Waals surface area contributed by atoms with Crippen molar-refractivity contribution in [1.29, 1.82) is 0 Å². The van der Waals surface area contributed by atoms with E-state index in [0.29, 0.717) is 9.54 Å². The molecule has 0 spiro atoms. The maximum atomic E-state index is 2.64. The fraction of sp³-hybridized carbons (Fsp3) is 0.333. The SMILES string of the molecule is CC1=C(C)C(C)[C]([Zr+2]([CH3])([CH3])[CH](c2ccccc2)c2ccccc2)=C1C.[Cl-].[Cl-].[SiH4]. The third kappa shape index (κ3) is 5.01. The Morgan fingerprint density at radius 3 is 1.43 bits per heavy atom. The Balaban J connectivity index is 0.00000243. The van der Waals surface area contributed by atoms with Crippen molar-refractivity contribution in [2.45, 2.75) is 40.6 Å². The van der Waals surface area contributed by atoms with Crippen molar-refractivity contribution >= 4 is 11.0 Å². The van der Waals surface area contributed by atoms with Gasteiger partial charge in [-0.05, 0) is 11.0 Å². The van der Waals surface area contributed by atoms with Gasteiger partial charge in [0.1, 0.15) is 0 Å². The van der Waals surface area contributed by atoms with Gasteiger partial charge in [-0.25, -0.2) is 0 Å². The van der Waals surface area contributed by atoms with Crippen LogP contribution in [0.5, 0.6) is 0 Å². The summed E-state index contributed by atoms with van der Waals surface area (Å²) in [6.07, 6.45) is 0. The van der Waals surface area contributed by atoms with E-state index in [-0.39, 0.29) is 35.8 Å². The molecule has 2 aromatic carbocycles. The van der Waals surface area contributed by atoms with E-state index in [0.717, 1.165) is 0 Å². The van der Waals surface area contributed by atoms with E-state index in [2.05, 4.69) is 97.6 Å². The van der Waals surface area contributed by atoms with Crippen LogP contribution in [0.3, 0.4) is 0 Å². The van der Waals surface area contributed by atoms with Gasteiger partial charge in [-0.3, -0.25) is 0 Å². The van der Waals surface area contributed by atoms with Crippen molar-refractivity contribution in [3.63, 3.8) is 0 Å². The van der Waals surface area contributed by atoms with Crippen LogP contribution in [0.4, 0.5) is 0 Å². The van der Waals surface area contributed by atoms with Crippen LogP contribution in [-0.2, 0) is 20.3 Å². The van der Waals surface area contributed by atoms with Crippen LogP contribution in [0.1, 0.15) is 42.4 Å². The summed E-state index contributed by atoms with van der Waals surface area (Å²) in [6, 6.07) is 22.4. The summed E-state index contributed by atoms with van der Waals surface area (Å²) < 4.78 is 7.64. The van der Waals surface area contributed by atoms with Gasteiger partial charge in [-0.1, -0.05) is 0 Å². The molecular formula is C24H34Cl2SiZr. The van der Waals surface area contributed by atoms with Gasteiger partial charge in [-0.15, -0.1) is 0 Å². The Morgan fingerprint density at radius 2 is 1.11 bits per heavy atom. The molecule has 0 aliphatic heterocycles. The Labute approximate surface area is 193 Å². The molecule has 0 bridgehead atoms. The van der Waals surface area contributed by atoms with E-state index < -0.39 is 20.3 Å². The van der Waals surface area contributed by atoms with Gasteiger partial charge in [0.2, 0.25) is 0 Å². The van der Waals surface area contributed by atoms with Crippen LogP contribution in [0, 0.1) is 5.92 Å². The molecule has 1 atom stereocenters. The standard InChI is InChI=1S/C13H11.C9H13.2CH3.2ClH.H4Si.Zr/c1-3-7-12(8-4-1)11-13-9-5-2-6-10-13;1-6-5-7(2)9(4)8(6)3;;;;;;/h1-11H;6H,1-4H3;2*1H3;2*1H;1H4;/q;;;;;;;+2/p-2. The minimum absolute atomic E-state index is 0. The number of benzene rings is 2. The number of hydrogen-bond donors (Lipinski definition) is 0. The van der Waals surface area contributed by atoms with Gasteiger partial charge in [0, 0.05) is 0 Å². The minimum atomic E-state index is -2.67. The molecule has 2 aromatic rings. The summed E-state index contributed by atoms with van der Waals surface area (Å²) in [6.45, 7) is 9.44. The monoisotopic (exact) mass is 510 g/mol. The molecule has 0 saturated heterocycles. The fourth-order valence-corrected chi connectivity index (χ4v) is 16.8. The van der Waals surface area contributed by atoms with E-state index in [1.807, 2.05) is 3.28 Å². The summed E-state index contributed by atoms with van der Waals surface area (Å²) in [7, 11) is 0. The molecule has 0 amide bonds. The summed E-state index contributed by atoms with van der Waals surface area (Å²) in [5.74, 6) is 0.612. The molecule has 1 unspecified atom stereocenters. The molecule has 0 fully saturated rings. The van der Waals surface area contributed by atoms with Crippen molar-refractivity contribution in [3.8, 4) is 0 Å². The maximum absolute atomic E-state index is 2.67. The van der Waals surface area contributed by atoms with Crippen molar-refractivity contribution < 1.29 is 45.1 Å². The third-order valence-electron chi connectivity index (χ3n) is 6.32. The molecule has 1 aliphatic rings. The predicted molar refractivity (Wildman–Crippen MR) is 118 cm³/mol. The Bertz CT molecular complexity index is 787. The van der Waals surface area contributed by atoms with Gasteiger partial charge >= 0.3 is 159 Å². The van der Waals surface area contributed by atoms with Crippen molar-refractivity contribution in [3.05, 3.63) is 91.8 Å². The molecule has 0 saturated carbocycles. The number of hydrogen-bond acceptors (Lipinski definition) is 0. The zero-order chi connectivity index (χ0) is 18.2. The Morgan fingerprint density at radius 1 is 0.714 bits per heavy atom. The first-order chi connectivity index (χ1) is 11.9. The second kappa shape index (κ2) is 11.1. The van der Waals surface area contributed by atoms with E-state index in [9.17, 15) is 0 Å². The largest absolute Gasteiger partial charge is 1.00 e. The summed E-state index contributed by atoms with van der Waals surface area (Å²) in [4.78, 5) is 0. The molecular weight excluding hydrogens is 478 g/mol. The molecule has 4 heteroatoms. The van der Waals surface area contributed by atoms with Gasteiger partial charge in [-0.2, -0.15) is 0 Å². The molecule has 0 aromatic heterocycles. The van der Waals surface area contributed by atoms with Crippen molar-refractivity contribution in [2.24, 2.45) is 5.92 Å². The first kappa shape index (κ1) is 27.6. The second-order valence-corrected chi connectivity index (χ2v) is 19.3. The molecule has 28 heavy (non-hydrogen) atoms. The van der Waals surface area contributed by atoms with E-state index in [1.165, 1.54) is 16.7 Å². The molecule has 3 rings (SSSR count). The summed E-state index contributed by atoms with van der Waals surface area (Å²) >= 11 is -2.67. The number of halogens is 2. The predicted octanol–water partition coefficient (Wildman–Crippen LogP) is -0.157. The Hall–Kier alpha value is -0.400. The molecule has 0 nitrogen and oxygen atoms in total. The topological polar surface area (TPSA) is 0 Å². The van der Waals surface area contributed by atoms with Crippen LogP contribution < -0.4 is 24.8 Å². The van der Waals surface area contributed by atoms with Gasteiger partial charge in [0.05, 0.1) is 0 Å². The van der Waals surface area contributed by atoms with Crippen LogP contribution in [0.2, 0.25) is 9.26 Å². The third-order valence-corrected chi connectivity index (χ3v) is 16.9. The molecule has 0 N–H and O–H groups in total. The second-order valence-electron chi connectivity index (χ2n) is 8.04.